The summed E-state index contributed by atoms with van der Waals surface area (Å²) in [5, 5.41) is 9.39. The van der Waals surface area contributed by atoms with E-state index in [9.17, 15) is 14.7 Å². The molecule has 6 heteroatoms. The average Bonchev–Trinajstić information content (AvgIpc) is 2.82. The molecule has 0 saturated heterocycles. The van der Waals surface area contributed by atoms with Crippen molar-refractivity contribution < 1.29 is 24.2 Å². The van der Waals surface area contributed by atoms with Gasteiger partial charge in [0.15, 0.2) is 0 Å². The van der Waals surface area contributed by atoms with Crippen LogP contribution in [0.1, 0.15) is 85.5 Å². The number of hydrogen-bond acceptors (Lipinski definition) is 5. The van der Waals surface area contributed by atoms with E-state index in [1.807, 2.05) is 0 Å². The van der Waals surface area contributed by atoms with Gasteiger partial charge in [-0.15, -0.1) is 0 Å². The minimum atomic E-state index is -2.68. The Morgan fingerprint density at radius 1 is 0.938 bits per heavy atom. The predicted molar refractivity (Wildman–Crippen MR) is 135 cm³/mol. The maximum absolute atomic E-state index is 12.9. The van der Waals surface area contributed by atoms with Crippen molar-refractivity contribution in [2.24, 2.45) is 5.41 Å². The van der Waals surface area contributed by atoms with Crippen LogP contribution in [-0.4, -0.2) is 56.2 Å². The summed E-state index contributed by atoms with van der Waals surface area (Å²) in [4.78, 5) is 25.8. The van der Waals surface area contributed by atoms with E-state index in [2.05, 4.69) is 27.4 Å². The zero-order valence-electron chi connectivity index (χ0n) is 21.6. The third-order valence-electron chi connectivity index (χ3n) is 6.83. The van der Waals surface area contributed by atoms with Crippen molar-refractivity contribution in [3.63, 3.8) is 0 Å². The van der Waals surface area contributed by atoms with Gasteiger partial charge < -0.3 is 0 Å². The van der Waals surface area contributed by atoms with Crippen molar-refractivity contribution in [2.75, 3.05) is 20.8 Å². The summed E-state index contributed by atoms with van der Waals surface area (Å²) in [7, 11) is 2.62. The molecule has 0 bridgehead atoms. The monoisotopic (exact) mass is 560 g/mol. The normalized spacial score (nSPS) is 12.5. The summed E-state index contributed by atoms with van der Waals surface area (Å²) in [6.45, 7) is 13.0. The summed E-state index contributed by atoms with van der Waals surface area (Å²) < 4.78 is 15.4. The molecule has 0 aliphatic heterocycles. The topological polar surface area (TPSA) is 72.8 Å². The number of rotatable bonds is 18. The van der Waals surface area contributed by atoms with Crippen LogP contribution >= 0.6 is 0 Å². The summed E-state index contributed by atoms with van der Waals surface area (Å²) >= 11 is -2.68. The average molecular weight is 559 g/mol. The molecule has 0 spiro atoms. The van der Waals surface area contributed by atoms with E-state index < -0.39 is 35.7 Å². The number of esters is 2. The Morgan fingerprint density at radius 2 is 1.38 bits per heavy atom. The van der Waals surface area contributed by atoms with Crippen LogP contribution in [-0.2, 0) is 19.1 Å². The van der Waals surface area contributed by atoms with Crippen LogP contribution in [0.4, 0.5) is 0 Å². The molecular weight excluding hydrogens is 511 g/mol. The Kier molecular flexibility index (Phi) is 16.3. The molecule has 0 heterocycles. The quantitative estimate of drug-likeness (QED) is 0.0915. The molecule has 1 N–H and O–H groups in total. The molecule has 0 radical (unpaired) electrons. The van der Waals surface area contributed by atoms with E-state index >= 15 is 0 Å². The molecular formula is C26H48O5Sn. The molecule has 0 aromatic heterocycles. The molecule has 0 rings (SSSR count). The van der Waals surface area contributed by atoms with Crippen LogP contribution < -0.4 is 0 Å². The second kappa shape index (κ2) is 16.7. The predicted octanol–water partition coefficient (Wildman–Crippen LogP) is 6.37. The molecule has 0 aliphatic rings. The first kappa shape index (κ1) is 31.2. The number of aliphatic hydroxyl groups is 1. The maximum atomic E-state index is 12.9. The number of aliphatic hydroxyl groups excluding tert-OH is 1. The number of unbranched alkanes of at least 4 members (excludes halogenated alkanes) is 3. The minimum absolute atomic E-state index is 0.115. The molecule has 0 unspecified atom stereocenters. The van der Waals surface area contributed by atoms with Crippen molar-refractivity contribution in [2.45, 2.75) is 98.8 Å². The Morgan fingerprint density at radius 3 is 1.72 bits per heavy atom. The van der Waals surface area contributed by atoms with Crippen molar-refractivity contribution in [1.82, 2.24) is 0 Å². The van der Waals surface area contributed by atoms with Crippen molar-refractivity contribution in [3.8, 4) is 0 Å². The number of methoxy groups -OCH3 is 2. The fourth-order valence-electron chi connectivity index (χ4n) is 4.44. The number of carbonyl (C=O) groups excluding carboxylic acids is 2. The van der Waals surface area contributed by atoms with E-state index in [1.54, 1.807) is 13.0 Å². The second-order valence-electron chi connectivity index (χ2n) is 9.17. The Hall–Kier alpha value is -0.821. The zero-order valence-corrected chi connectivity index (χ0v) is 24.4. The molecule has 32 heavy (non-hydrogen) atoms. The Bertz CT molecular complexity index is 574. The third-order valence-corrected chi connectivity index (χ3v) is 23.0. The Labute approximate surface area is 200 Å². The first-order valence-electron chi connectivity index (χ1n) is 12.3. The van der Waals surface area contributed by atoms with Gasteiger partial charge in [-0.1, -0.05) is 0 Å². The first-order valence-corrected chi connectivity index (χ1v) is 19.8. The van der Waals surface area contributed by atoms with E-state index in [0.29, 0.717) is 18.4 Å². The van der Waals surface area contributed by atoms with E-state index in [-0.39, 0.29) is 13.0 Å². The molecule has 0 aromatic rings. The van der Waals surface area contributed by atoms with E-state index in [1.165, 1.54) is 69.6 Å². The van der Waals surface area contributed by atoms with Gasteiger partial charge in [0.05, 0.1) is 0 Å². The summed E-state index contributed by atoms with van der Waals surface area (Å²) in [6.07, 6.45) is 10.2. The van der Waals surface area contributed by atoms with Crippen LogP contribution in [0.2, 0.25) is 13.3 Å². The van der Waals surface area contributed by atoms with Crippen molar-refractivity contribution in [3.05, 3.63) is 21.8 Å². The van der Waals surface area contributed by atoms with Gasteiger partial charge in [0.25, 0.3) is 0 Å². The third kappa shape index (κ3) is 9.20. The van der Waals surface area contributed by atoms with Crippen molar-refractivity contribution >= 4 is 30.3 Å². The van der Waals surface area contributed by atoms with Gasteiger partial charge >= 0.3 is 201 Å². The van der Waals surface area contributed by atoms with Gasteiger partial charge in [0, 0.05) is 0 Å². The van der Waals surface area contributed by atoms with Gasteiger partial charge in [-0.05, 0) is 0 Å². The van der Waals surface area contributed by atoms with Crippen LogP contribution in [0.5, 0.6) is 0 Å². The number of hydrogen-bond donors (Lipinski definition) is 1. The van der Waals surface area contributed by atoms with E-state index in [4.69, 9.17) is 9.47 Å². The summed E-state index contributed by atoms with van der Waals surface area (Å²) in [5.74, 6) is -1.15. The first-order chi connectivity index (χ1) is 15.2. The number of carbonyl (C=O) groups is 2. The SMILES string of the molecule is C=[C](CCC(C/C=C(\C)CO)(C(=O)OC)C(=O)OC)[Sn]([CH2]CCC)([CH2]CCC)[CH2]CCC. The Balaban J connectivity index is 6.02. The van der Waals surface area contributed by atoms with Gasteiger partial charge in [0.1, 0.15) is 0 Å². The second-order valence-corrected chi connectivity index (χ2v) is 22.8. The van der Waals surface area contributed by atoms with Gasteiger partial charge in [0.2, 0.25) is 0 Å². The molecule has 0 atom stereocenters. The van der Waals surface area contributed by atoms with Crippen LogP contribution in [0, 0.1) is 5.41 Å². The van der Waals surface area contributed by atoms with Crippen LogP contribution in [0.3, 0.4) is 0 Å². The van der Waals surface area contributed by atoms with Gasteiger partial charge in [-0.3, -0.25) is 0 Å². The molecule has 0 saturated carbocycles. The van der Waals surface area contributed by atoms with Gasteiger partial charge in [-0.25, -0.2) is 0 Å². The zero-order chi connectivity index (χ0) is 24.6. The summed E-state index contributed by atoms with van der Waals surface area (Å²) in [6, 6.07) is 0. The van der Waals surface area contributed by atoms with E-state index in [0.717, 1.165) is 0 Å². The molecule has 0 amide bonds. The summed E-state index contributed by atoms with van der Waals surface area (Å²) in [5.41, 5.74) is -0.691. The van der Waals surface area contributed by atoms with Crippen molar-refractivity contribution in [1.29, 1.82) is 0 Å². The standard InChI is InChI=1S/C14H21O5.3C4H9.Sn/c1-5-6-8-14(12(16)18-3,13(17)19-4)9-7-11(2)10-15;3*1-3-4-2;/h7,15H,1,6,8-10H2,2-4H3;3*1,3-4H2,2H3;/b11-7+;;;;. The number of ether oxygens (including phenoxy) is 2. The number of allylic oxidation sites excluding steroid dienone is 2. The molecule has 186 valence electrons. The van der Waals surface area contributed by atoms with Gasteiger partial charge in [-0.2, -0.15) is 0 Å². The fourth-order valence-corrected chi connectivity index (χ4v) is 20.3. The van der Waals surface area contributed by atoms with Crippen LogP contribution in [0.25, 0.3) is 0 Å². The van der Waals surface area contributed by atoms with Crippen LogP contribution in [0.15, 0.2) is 21.8 Å². The molecule has 0 aromatic carbocycles. The molecule has 5 nitrogen and oxygen atoms in total. The molecule has 0 aliphatic carbocycles. The fraction of sp³-hybridized carbons (Fsp3) is 0.769. The molecule has 0 fully saturated rings.